The van der Waals surface area contributed by atoms with Gasteiger partial charge in [0.15, 0.2) is 6.67 Å². The van der Waals surface area contributed by atoms with Crippen molar-refractivity contribution in [2.45, 2.75) is 12.8 Å². The molecule has 2 nitrogen and oxygen atoms in total. The molecule has 0 aromatic carbocycles. The molecule has 0 bridgehead atoms. The Bertz CT molecular complexity index is 244. The largest absolute Gasteiger partial charge is 0.319 e. The van der Waals surface area contributed by atoms with Gasteiger partial charge in [-0.1, -0.05) is 0 Å². The molecule has 11 heavy (non-hydrogen) atoms. The van der Waals surface area contributed by atoms with Gasteiger partial charge in [0.05, 0.1) is 0 Å². The number of alkyl halides is 3. The normalized spacial score (nSPS) is 12.0. The second-order valence-corrected chi connectivity index (χ2v) is 2.27. The first-order valence-corrected chi connectivity index (χ1v) is 3.02. The van der Waals surface area contributed by atoms with E-state index in [9.17, 15) is 13.2 Å². The average molecular weight is 164 g/mol. The first-order valence-electron chi connectivity index (χ1n) is 3.02. The van der Waals surface area contributed by atoms with Crippen molar-refractivity contribution in [2.75, 3.05) is 6.67 Å². The summed E-state index contributed by atoms with van der Waals surface area (Å²) in [6.45, 7) is -0.137. The third-order valence-corrected chi connectivity index (χ3v) is 1.25. The molecule has 0 unspecified atom stereocenters. The van der Waals surface area contributed by atoms with Crippen LogP contribution < -0.4 is 0 Å². The average Bonchev–Trinajstić information content (AvgIpc) is 2.36. The topological polar surface area (TPSA) is 28.7 Å². The summed E-state index contributed by atoms with van der Waals surface area (Å²) in [5.41, 5.74) is -0.0503. The molecule has 1 N–H and O–H groups in total. The molecule has 0 atom stereocenters. The van der Waals surface area contributed by atoms with E-state index in [1.165, 1.54) is 0 Å². The summed E-state index contributed by atoms with van der Waals surface area (Å²) < 4.78 is 36.5. The van der Waals surface area contributed by atoms with Gasteiger partial charge in [-0.2, -0.15) is 13.9 Å². The lowest BCUT2D eigenvalue weighted by Gasteiger charge is -2.06. The number of halogens is 3. The third kappa shape index (κ3) is 1.53. The summed E-state index contributed by atoms with van der Waals surface area (Å²) in [6, 6.07) is 1.12. The smallest absolute Gasteiger partial charge is 0.282 e. The van der Waals surface area contributed by atoms with Gasteiger partial charge >= 0.3 is 5.92 Å². The van der Waals surface area contributed by atoms with E-state index in [4.69, 9.17) is 0 Å². The molecule has 0 amide bonds. The summed E-state index contributed by atoms with van der Waals surface area (Å²) in [7, 11) is 0. The molecule has 0 aliphatic heterocycles. The zero-order valence-corrected chi connectivity index (χ0v) is 5.87. The summed E-state index contributed by atoms with van der Waals surface area (Å²) >= 11 is 0. The number of hydrogen-bond donors (Lipinski definition) is 1. The molecule has 0 saturated heterocycles. The summed E-state index contributed by atoms with van der Waals surface area (Å²) in [5.74, 6) is -3.45. The fourth-order valence-corrected chi connectivity index (χ4v) is 0.674. The van der Waals surface area contributed by atoms with Crippen LogP contribution in [0.4, 0.5) is 13.2 Å². The van der Waals surface area contributed by atoms with Crippen LogP contribution in [0.15, 0.2) is 6.07 Å². The van der Waals surface area contributed by atoms with Crippen LogP contribution in [0.1, 0.15) is 11.4 Å². The van der Waals surface area contributed by atoms with Crippen LogP contribution in [-0.4, -0.2) is 16.9 Å². The number of aromatic nitrogens is 2. The quantitative estimate of drug-likeness (QED) is 0.709. The molecule has 1 heterocycles. The fourth-order valence-electron chi connectivity index (χ4n) is 0.674. The molecular weight excluding hydrogens is 157 g/mol. The van der Waals surface area contributed by atoms with E-state index in [2.05, 4.69) is 10.2 Å². The highest BCUT2D eigenvalue weighted by molar-refractivity contribution is 5.12. The molecule has 1 aromatic rings. The predicted octanol–water partition coefficient (Wildman–Crippen LogP) is 1.78. The fraction of sp³-hybridized carbons (Fsp3) is 0.500. The van der Waals surface area contributed by atoms with Crippen molar-refractivity contribution < 1.29 is 13.2 Å². The molecule has 0 spiro atoms. The standard InChI is InChI=1S/C6H7F3N2/c1-4-2-5(11-10-4)6(8,9)3-7/h2H,3H2,1H3,(H,10,11). The van der Waals surface area contributed by atoms with E-state index in [0.29, 0.717) is 5.69 Å². The van der Waals surface area contributed by atoms with E-state index >= 15 is 0 Å². The van der Waals surface area contributed by atoms with Gasteiger partial charge in [0.25, 0.3) is 0 Å². The first-order chi connectivity index (χ1) is 5.06. The van der Waals surface area contributed by atoms with Crippen LogP contribution in [0, 0.1) is 6.92 Å². The van der Waals surface area contributed by atoms with Crippen LogP contribution in [-0.2, 0) is 5.92 Å². The number of nitrogens with zero attached hydrogens (tertiary/aromatic N) is 1. The van der Waals surface area contributed by atoms with E-state index in [-0.39, 0.29) is 0 Å². The number of H-pyrrole nitrogens is 1. The third-order valence-electron chi connectivity index (χ3n) is 1.25. The van der Waals surface area contributed by atoms with E-state index in [1.54, 1.807) is 6.92 Å². The molecule has 62 valence electrons. The maximum atomic E-state index is 12.4. The Morgan fingerprint density at radius 1 is 1.64 bits per heavy atom. The van der Waals surface area contributed by atoms with Gasteiger partial charge < -0.3 is 0 Å². The second kappa shape index (κ2) is 2.56. The molecule has 0 aliphatic rings. The van der Waals surface area contributed by atoms with Crippen LogP contribution in [0.2, 0.25) is 0 Å². The zero-order chi connectivity index (χ0) is 8.48. The Hall–Kier alpha value is -1.00. The molecule has 1 aromatic heterocycles. The molecule has 0 aliphatic carbocycles. The van der Waals surface area contributed by atoms with E-state index < -0.39 is 18.3 Å². The Morgan fingerprint density at radius 2 is 2.27 bits per heavy atom. The van der Waals surface area contributed by atoms with Crippen molar-refractivity contribution >= 4 is 0 Å². The Balaban J connectivity index is 2.92. The first kappa shape index (κ1) is 8.10. The van der Waals surface area contributed by atoms with Crippen LogP contribution in [0.5, 0.6) is 0 Å². The number of rotatable bonds is 2. The highest BCUT2D eigenvalue weighted by Gasteiger charge is 2.34. The summed E-state index contributed by atoms with van der Waals surface area (Å²) in [5, 5.41) is 5.56. The summed E-state index contributed by atoms with van der Waals surface area (Å²) in [4.78, 5) is 0. The molecule has 0 fully saturated rings. The van der Waals surface area contributed by atoms with Crippen molar-refractivity contribution in [1.29, 1.82) is 0 Å². The minimum atomic E-state index is -3.45. The summed E-state index contributed by atoms with van der Waals surface area (Å²) in [6.07, 6.45) is 0. The van der Waals surface area contributed by atoms with Crippen LogP contribution >= 0.6 is 0 Å². The van der Waals surface area contributed by atoms with E-state index in [1.807, 2.05) is 0 Å². The van der Waals surface area contributed by atoms with Crippen molar-refractivity contribution in [3.63, 3.8) is 0 Å². The SMILES string of the molecule is Cc1cc(C(F)(F)CF)n[nH]1. The molecule has 0 radical (unpaired) electrons. The van der Waals surface area contributed by atoms with Gasteiger partial charge in [0, 0.05) is 5.69 Å². The molecule has 1 rings (SSSR count). The minimum absolute atomic E-state index is 0.494. The van der Waals surface area contributed by atoms with Crippen LogP contribution in [0.25, 0.3) is 0 Å². The zero-order valence-electron chi connectivity index (χ0n) is 5.87. The monoisotopic (exact) mass is 164 g/mol. The van der Waals surface area contributed by atoms with Crippen LogP contribution in [0.3, 0.4) is 0 Å². The highest BCUT2D eigenvalue weighted by Crippen LogP contribution is 2.26. The van der Waals surface area contributed by atoms with Gasteiger partial charge in [0.1, 0.15) is 5.69 Å². The Labute approximate surface area is 61.4 Å². The number of aromatic amines is 1. The van der Waals surface area contributed by atoms with Gasteiger partial charge in [-0.15, -0.1) is 0 Å². The number of hydrogen-bond acceptors (Lipinski definition) is 1. The lowest BCUT2D eigenvalue weighted by atomic mass is 10.2. The molecule has 0 saturated carbocycles. The Morgan fingerprint density at radius 3 is 2.64 bits per heavy atom. The van der Waals surface area contributed by atoms with E-state index in [0.717, 1.165) is 6.07 Å². The number of nitrogens with one attached hydrogen (secondary N) is 1. The minimum Gasteiger partial charge on any atom is -0.282 e. The van der Waals surface area contributed by atoms with Gasteiger partial charge in [-0.25, -0.2) is 4.39 Å². The maximum Gasteiger partial charge on any atom is 0.319 e. The lowest BCUT2D eigenvalue weighted by molar-refractivity contribution is -0.0322. The van der Waals surface area contributed by atoms with Crippen molar-refractivity contribution in [1.82, 2.24) is 10.2 Å². The van der Waals surface area contributed by atoms with Crippen molar-refractivity contribution in [2.24, 2.45) is 0 Å². The number of aryl methyl sites for hydroxylation is 1. The van der Waals surface area contributed by atoms with Gasteiger partial charge in [-0.3, -0.25) is 5.10 Å². The lowest BCUT2D eigenvalue weighted by Crippen LogP contribution is -2.16. The van der Waals surface area contributed by atoms with Gasteiger partial charge in [0.2, 0.25) is 0 Å². The predicted molar refractivity (Wildman–Crippen MR) is 33.2 cm³/mol. The maximum absolute atomic E-state index is 12.4. The van der Waals surface area contributed by atoms with Gasteiger partial charge in [-0.05, 0) is 13.0 Å². The van der Waals surface area contributed by atoms with Crippen molar-refractivity contribution in [3.05, 3.63) is 17.5 Å². The second-order valence-electron chi connectivity index (χ2n) is 2.27. The molecule has 5 heteroatoms. The molecular formula is C6H7F3N2. The van der Waals surface area contributed by atoms with Crippen molar-refractivity contribution in [3.8, 4) is 0 Å². The Kier molecular flexibility index (Phi) is 1.89. The highest BCUT2D eigenvalue weighted by atomic mass is 19.3.